The van der Waals surface area contributed by atoms with Gasteiger partial charge in [0.05, 0.1) is 6.61 Å². The van der Waals surface area contributed by atoms with Crippen LogP contribution in [0.2, 0.25) is 0 Å². The van der Waals surface area contributed by atoms with Crippen LogP contribution in [0.4, 0.5) is 0 Å². The lowest BCUT2D eigenvalue weighted by atomic mass is 10.4. The number of aliphatic imine (C=N–C) groups is 1. The third-order valence-corrected chi connectivity index (χ3v) is 3.24. The zero-order valence-corrected chi connectivity index (χ0v) is 11.8. The fraction of sp³-hybridized carbons (Fsp3) is 0.462. The van der Waals surface area contributed by atoms with Crippen LogP contribution in [0.5, 0.6) is 0 Å². The van der Waals surface area contributed by atoms with Gasteiger partial charge in [-0.2, -0.15) is 0 Å². The number of nitrogens with one attached hydrogen (secondary N) is 2. The van der Waals surface area contributed by atoms with E-state index in [9.17, 15) is 0 Å². The Morgan fingerprint density at radius 2 is 1.94 bits per heavy atom. The molecular weight excluding hydrogens is 246 g/mol. The van der Waals surface area contributed by atoms with Gasteiger partial charge >= 0.3 is 0 Å². The van der Waals surface area contributed by atoms with E-state index in [-0.39, 0.29) is 0 Å². The van der Waals surface area contributed by atoms with Gasteiger partial charge in [-0.05, 0) is 12.1 Å². The van der Waals surface area contributed by atoms with Gasteiger partial charge in [0, 0.05) is 37.9 Å². The van der Waals surface area contributed by atoms with Crippen LogP contribution in [-0.4, -0.2) is 45.6 Å². The minimum atomic E-state index is 0.680. The van der Waals surface area contributed by atoms with E-state index in [4.69, 9.17) is 4.74 Å². The van der Waals surface area contributed by atoms with Crippen LogP contribution < -0.4 is 10.6 Å². The lowest BCUT2D eigenvalue weighted by molar-refractivity contribution is 0.203. The predicted molar refractivity (Wildman–Crippen MR) is 78.4 cm³/mol. The number of hydrogen-bond donors (Lipinski definition) is 2. The summed E-state index contributed by atoms with van der Waals surface area (Å²) in [5.41, 5.74) is 0. The van der Waals surface area contributed by atoms with E-state index < -0.39 is 0 Å². The molecule has 5 heteroatoms. The van der Waals surface area contributed by atoms with Crippen LogP contribution in [0.3, 0.4) is 0 Å². The third kappa shape index (κ3) is 6.51. The Bertz CT molecular complexity index is 343. The summed E-state index contributed by atoms with van der Waals surface area (Å²) in [6.45, 7) is 2.33. The van der Waals surface area contributed by atoms with Crippen molar-refractivity contribution in [3.05, 3.63) is 30.3 Å². The van der Waals surface area contributed by atoms with Gasteiger partial charge in [0.1, 0.15) is 0 Å². The summed E-state index contributed by atoms with van der Waals surface area (Å²) < 4.78 is 4.97. The first-order valence-corrected chi connectivity index (χ1v) is 6.96. The maximum atomic E-state index is 4.97. The van der Waals surface area contributed by atoms with Crippen molar-refractivity contribution >= 4 is 17.7 Å². The van der Waals surface area contributed by atoms with Crippen LogP contribution in [0.15, 0.2) is 40.2 Å². The van der Waals surface area contributed by atoms with Crippen molar-refractivity contribution in [2.24, 2.45) is 4.99 Å². The van der Waals surface area contributed by atoms with E-state index in [1.807, 2.05) is 17.8 Å². The van der Waals surface area contributed by atoms with Gasteiger partial charge in [-0.15, -0.1) is 11.8 Å². The first-order valence-electron chi connectivity index (χ1n) is 5.98. The molecule has 1 rings (SSSR count). The molecule has 18 heavy (non-hydrogen) atoms. The number of nitrogens with zero attached hydrogens (tertiary/aromatic N) is 1. The molecule has 0 bridgehead atoms. The SMILES string of the molecule is CN=C(NCCOC)NCCSc1ccccc1. The number of ether oxygens (including phenoxy) is 1. The number of rotatable bonds is 7. The maximum Gasteiger partial charge on any atom is 0.191 e. The normalized spacial score (nSPS) is 11.3. The van der Waals surface area contributed by atoms with E-state index in [0.29, 0.717) is 6.61 Å². The fourth-order valence-corrected chi connectivity index (χ4v) is 2.14. The summed E-state index contributed by atoms with van der Waals surface area (Å²) in [5, 5.41) is 6.43. The molecule has 0 fully saturated rings. The summed E-state index contributed by atoms with van der Waals surface area (Å²) in [6.07, 6.45) is 0. The van der Waals surface area contributed by atoms with Crippen LogP contribution >= 0.6 is 11.8 Å². The Morgan fingerprint density at radius 3 is 2.61 bits per heavy atom. The van der Waals surface area contributed by atoms with Gasteiger partial charge in [-0.1, -0.05) is 18.2 Å². The quantitative estimate of drug-likeness (QED) is 0.341. The van der Waals surface area contributed by atoms with Crippen LogP contribution in [0.25, 0.3) is 0 Å². The lowest BCUT2D eigenvalue weighted by Gasteiger charge is -2.11. The summed E-state index contributed by atoms with van der Waals surface area (Å²) in [6, 6.07) is 10.4. The maximum absolute atomic E-state index is 4.97. The van der Waals surface area contributed by atoms with Crippen LogP contribution in [-0.2, 0) is 4.74 Å². The van der Waals surface area contributed by atoms with Crippen LogP contribution in [0.1, 0.15) is 0 Å². The van der Waals surface area contributed by atoms with Crippen molar-refractivity contribution in [3.63, 3.8) is 0 Å². The fourth-order valence-electron chi connectivity index (χ4n) is 1.35. The highest BCUT2D eigenvalue weighted by molar-refractivity contribution is 7.99. The summed E-state index contributed by atoms with van der Waals surface area (Å²) in [5.74, 6) is 1.83. The largest absolute Gasteiger partial charge is 0.383 e. The van der Waals surface area contributed by atoms with Gasteiger partial charge in [0.2, 0.25) is 0 Å². The number of methoxy groups -OCH3 is 1. The zero-order chi connectivity index (χ0) is 13.1. The molecule has 0 amide bonds. The van der Waals surface area contributed by atoms with Crippen LogP contribution in [0, 0.1) is 0 Å². The molecule has 0 aliphatic carbocycles. The van der Waals surface area contributed by atoms with E-state index in [1.165, 1.54) is 4.90 Å². The van der Waals surface area contributed by atoms with Gasteiger partial charge in [0.15, 0.2) is 5.96 Å². The molecule has 0 aliphatic heterocycles. The Hall–Kier alpha value is -1.20. The van der Waals surface area contributed by atoms with E-state index in [1.54, 1.807) is 14.2 Å². The standard InChI is InChI=1S/C13H21N3OS/c1-14-13(15-8-10-17-2)16-9-11-18-12-6-4-3-5-7-12/h3-7H,8-11H2,1-2H3,(H2,14,15,16). The second-order valence-corrected chi connectivity index (χ2v) is 4.75. The number of guanidine groups is 1. The monoisotopic (exact) mass is 267 g/mol. The van der Waals surface area contributed by atoms with Crippen molar-refractivity contribution in [3.8, 4) is 0 Å². The van der Waals surface area contributed by atoms with E-state index in [0.717, 1.165) is 24.8 Å². The van der Waals surface area contributed by atoms with Crippen molar-refractivity contribution < 1.29 is 4.74 Å². The van der Waals surface area contributed by atoms with Crippen molar-refractivity contribution in [2.45, 2.75) is 4.90 Å². The predicted octanol–water partition coefficient (Wildman–Crippen LogP) is 1.59. The minimum absolute atomic E-state index is 0.680. The Morgan fingerprint density at radius 1 is 1.22 bits per heavy atom. The molecule has 0 heterocycles. The molecular formula is C13H21N3OS. The first kappa shape index (κ1) is 14.9. The Labute approximate surface area is 113 Å². The molecule has 0 saturated carbocycles. The third-order valence-electron chi connectivity index (χ3n) is 2.23. The highest BCUT2D eigenvalue weighted by Crippen LogP contribution is 2.15. The lowest BCUT2D eigenvalue weighted by Crippen LogP contribution is -2.39. The Kier molecular flexibility index (Phi) is 8.08. The summed E-state index contributed by atoms with van der Waals surface area (Å²) in [7, 11) is 3.46. The van der Waals surface area contributed by atoms with Crippen molar-refractivity contribution in [2.75, 3.05) is 39.6 Å². The molecule has 0 radical (unpaired) electrons. The topological polar surface area (TPSA) is 45.7 Å². The Balaban J connectivity index is 2.12. The average molecular weight is 267 g/mol. The second-order valence-electron chi connectivity index (χ2n) is 3.58. The number of hydrogen-bond acceptors (Lipinski definition) is 3. The highest BCUT2D eigenvalue weighted by atomic mass is 32.2. The second kappa shape index (κ2) is 9.79. The molecule has 2 N–H and O–H groups in total. The minimum Gasteiger partial charge on any atom is -0.383 e. The number of thioether (sulfide) groups is 1. The number of benzene rings is 1. The van der Waals surface area contributed by atoms with Crippen molar-refractivity contribution in [1.29, 1.82) is 0 Å². The van der Waals surface area contributed by atoms with Gasteiger partial charge in [-0.3, -0.25) is 4.99 Å². The molecule has 100 valence electrons. The van der Waals surface area contributed by atoms with Gasteiger partial charge < -0.3 is 15.4 Å². The molecule has 0 aromatic heterocycles. The molecule has 4 nitrogen and oxygen atoms in total. The molecule has 0 atom stereocenters. The van der Waals surface area contributed by atoms with Gasteiger partial charge in [-0.25, -0.2) is 0 Å². The average Bonchev–Trinajstić information content (AvgIpc) is 2.43. The molecule has 0 saturated heterocycles. The highest BCUT2D eigenvalue weighted by Gasteiger charge is 1.96. The molecule has 0 aliphatic rings. The van der Waals surface area contributed by atoms with E-state index >= 15 is 0 Å². The summed E-state index contributed by atoms with van der Waals surface area (Å²) >= 11 is 1.83. The van der Waals surface area contributed by atoms with E-state index in [2.05, 4.69) is 39.9 Å². The molecule has 1 aromatic rings. The summed E-state index contributed by atoms with van der Waals surface area (Å²) in [4.78, 5) is 5.43. The first-order chi connectivity index (χ1) is 8.86. The molecule has 0 unspecified atom stereocenters. The molecule has 1 aromatic carbocycles. The van der Waals surface area contributed by atoms with Crippen molar-refractivity contribution in [1.82, 2.24) is 10.6 Å². The smallest absolute Gasteiger partial charge is 0.191 e. The molecule has 0 spiro atoms. The zero-order valence-electron chi connectivity index (χ0n) is 11.0. The van der Waals surface area contributed by atoms with Gasteiger partial charge in [0.25, 0.3) is 0 Å².